The van der Waals surface area contributed by atoms with Gasteiger partial charge in [0.05, 0.1) is 15.6 Å². The van der Waals surface area contributed by atoms with E-state index >= 15 is 0 Å². The molecule has 0 saturated carbocycles. The number of hydrogen-bond acceptors (Lipinski definition) is 4. The van der Waals surface area contributed by atoms with Crippen LogP contribution in [0.3, 0.4) is 0 Å². The van der Waals surface area contributed by atoms with E-state index in [1.165, 1.54) is 59.5 Å². The summed E-state index contributed by atoms with van der Waals surface area (Å²) in [5.74, 6) is -2.32. The third-order valence-corrected chi connectivity index (χ3v) is 7.96. The third-order valence-electron chi connectivity index (χ3n) is 5.88. The normalized spacial score (nSPS) is 12.2. The van der Waals surface area contributed by atoms with Crippen LogP contribution >= 0.6 is 11.6 Å². The lowest BCUT2D eigenvalue weighted by molar-refractivity contribution is -0.140. The first-order valence-corrected chi connectivity index (χ1v) is 14.1. The molecule has 0 aliphatic rings. The first-order chi connectivity index (χ1) is 18.4. The number of nitrogens with zero attached hydrogens (tertiary/aromatic N) is 2. The first-order valence-electron chi connectivity index (χ1n) is 12.3. The van der Waals surface area contributed by atoms with Crippen LogP contribution < -0.4 is 9.62 Å². The van der Waals surface area contributed by atoms with E-state index in [1.54, 1.807) is 26.8 Å². The van der Waals surface area contributed by atoms with Crippen molar-refractivity contribution in [1.82, 2.24) is 10.2 Å². The number of amides is 2. The largest absolute Gasteiger partial charge is 0.352 e. The maximum absolute atomic E-state index is 13.9. The predicted octanol–water partition coefficient (Wildman–Crippen LogP) is 5.15. The Morgan fingerprint density at radius 1 is 0.974 bits per heavy atom. The van der Waals surface area contributed by atoms with Gasteiger partial charge in [-0.2, -0.15) is 0 Å². The second-order valence-corrected chi connectivity index (χ2v) is 11.4. The number of carbonyl (C=O) groups excluding carboxylic acids is 2. The molecule has 0 heterocycles. The Bertz CT molecular complexity index is 1400. The van der Waals surface area contributed by atoms with Gasteiger partial charge in [-0.1, -0.05) is 48.9 Å². The minimum atomic E-state index is -4.31. The third kappa shape index (κ3) is 7.54. The predicted molar refractivity (Wildman–Crippen MR) is 147 cm³/mol. The van der Waals surface area contributed by atoms with Gasteiger partial charge in [-0.3, -0.25) is 13.9 Å². The van der Waals surface area contributed by atoms with Gasteiger partial charge in [0, 0.05) is 12.6 Å². The number of nitrogens with one attached hydrogen (secondary N) is 1. The minimum Gasteiger partial charge on any atom is -0.352 e. The molecule has 1 unspecified atom stereocenters. The number of hydrogen-bond donors (Lipinski definition) is 1. The molecule has 3 rings (SSSR count). The van der Waals surface area contributed by atoms with Crippen molar-refractivity contribution < 1.29 is 26.8 Å². The molecular formula is C28H30ClF2N3O4S. The summed E-state index contributed by atoms with van der Waals surface area (Å²) in [7, 11) is -4.31. The van der Waals surface area contributed by atoms with E-state index in [-0.39, 0.29) is 34.6 Å². The van der Waals surface area contributed by atoms with E-state index in [4.69, 9.17) is 11.6 Å². The van der Waals surface area contributed by atoms with Crippen LogP contribution in [0.15, 0.2) is 77.7 Å². The molecular weight excluding hydrogens is 548 g/mol. The molecule has 3 aromatic rings. The van der Waals surface area contributed by atoms with Gasteiger partial charge in [0.15, 0.2) is 0 Å². The van der Waals surface area contributed by atoms with Crippen molar-refractivity contribution in [2.45, 2.75) is 50.7 Å². The molecule has 3 aromatic carbocycles. The molecule has 0 aromatic heterocycles. The highest BCUT2D eigenvalue weighted by atomic mass is 35.5. The smallest absolute Gasteiger partial charge is 0.264 e. The molecule has 0 bridgehead atoms. The lowest BCUT2D eigenvalue weighted by atomic mass is 10.1. The summed E-state index contributed by atoms with van der Waals surface area (Å²) < 4.78 is 55.7. The van der Waals surface area contributed by atoms with Gasteiger partial charge in [0.2, 0.25) is 11.8 Å². The van der Waals surface area contributed by atoms with Crippen molar-refractivity contribution in [2.24, 2.45) is 0 Å². The minimum absolute atomic E-state index is 0.0278. The Hall–Kier alpha value is -3.50. The van der Waals surface area contributed by atoms with Gasteiger partial charge >= 0.3 is 0 Å². The Morgan fingerprint density at radius 3 is 2.18 bits per heavy atom. The quantitative estimate of drug-likeness (QED) is 0.342. The Balaban J connectivity index is 2.07. The molecule has 0 radical (unpaired) electrons. The molecule has 0 fully saturated rings. The van der Waals surface area contributed by atoms with Crippen molar-refractivity contribution in [3.8, 4) is 0 Å². The van der Waals surface area contributed by atoms with Crippen LogP contribution in [0.2, 0.25) is 5.02 Å². The van der Waals surface area contributed by atoms with E-state index in [1.807, 2.05) is 0 Å². The van der Waals surface area contributed by atoms with Crippen molar-refractivity contribution in [3.63, 3.8) is 0 Å². The summed E-state index contributed by atoms with van der Waals surface area (Å²) in [5.41, 5.74) is 0.517. The summed E-state index contributed by atoms with van der Waals surface area (Å²) in [4.78, 5) is 28.1. The summed E-state index contributed by atoms with van der Waals surface area (Å²) in [6.07, 6.45) is 0.235. The standard InChI is InChI=1S/C28H30ClF2N3O4S/c1-4-26(28(36)32-19(2)3)33(17-20-10-12-21(30)13-11-20)27(35)18-34(22-14-15-25(31)24(29)16-22)39(37,38)23-8-6-5-7-9-23/h5-16,19,26H,4,17-18H2,1-3H3,(H,32,36). The number of halogens is 3. The molecule has 39 heavy (non-hydrogen) atoms. The molecule has 1 atom stereocenters. The zero-order valence-corrected chi connectivity index (χ0v) is 23.3. The Kier molecular flexibility index (Phi) is 10.0. The van der Waals surface area contributed by atoms with Gasteiger partial charge in [-0.05, 0) is 68.3 Å². The monoisotopic (exact) mass is 577 g/mol. The van der Waals surface area contributed by atoms with Gasteiger partial charge in [-0.15, -0.1) is 0 Å². The summed E-state index contributed by atoms with van der Waals surface area (Å²) >= 11 is 5.96. The van der Waals surface area contributed by atoms with Crippen LogP contribution in [0.1, 0.15) is 32.8 Å². The summed E-state index contributed by atoms with van der Waals surface area (Å²) in [6, 6.07) is 15.1. The second-order valence-electron chi connectivity index (χ2n) is 9.16. The highest BCUT2D eigenvalue weighted by molar-refractivity contribution is 7.92. The second kappa shape index (κ2) is 13.0. The number of rotatable bonds is 11. The summed E-state index contributed by atoms with van der Waals surface area (Å²) in [5, 5.41) is 2.47. The highest BCUT2D eigenvalue weighted by Gasteiger charge is 2.34. The maximum atomic E-state index is 13.9. The van der Waals surface area contributed by atoms with E-state index in [9.17, 15) is 26.8 Å². The highest BCUT2D eigenvalue weighted by Crippen LogP contribution is 2.28. The van der Waals surface area contributed by atoms with Gasteiger partial charge in [-0.25, -0.2) is 17.2 Å². The van der Waals surface area contributed by atoms with E-state index in [2.05, 4.69) is 5.32 Å². The van der Waals surface area contributed by atoms with Gasteiger partial charge in [0.25, 0.3) is 10.0 Å². The van der Waals surface area contributed by atoms with Crippen molar-refractivity contribution >= 4 is 39.1 Å². The fraction of sp³-hybridized carbons (Fsp3) is 0.286. The molecule has 1 N–H and O–H groups in total. The molecule has 2 amide bonds. The lowest BCUT2D eigenvalue weighted by Crippen LogP contribution is -2.53. The van der Waals surface area contributed by atoms with E-state index in [0.717, 1.165) is 16.4 Å². The Labute approximate surface area is 232 Å². The van der Waals surface area contributed by atoms with Crippen molar-refractivity contribution in [3.05, 3.63) is 95.0 Å². The summed E-state index contributed by atoms with van der Waals surface area (Å²) in [6.45, 7) is 4.51. The van der Waals surface area contributed by atoms with Crippen molar-refractivity contribution in [2.75, 3.05) is 10.8 Å². The van der Waals surface area contributed by atoms with Crippen LogP contribution in [-0.2, 0) is 26.2 Å². The molecule has 0 saturated heterocycles. The fourth-order valence-corrected chi connectivity index (χ4v) is 5.58. The first kappa shape index (κ1) is 30.0. The van der Waals surface area contributed by atoms with Crippen LogP contribution in [-0.4, -0.2) is 43.8 Å². The molecule has 0 aliphatic carbocycles. The van der Waals surface area contributed by atoms with E-state index in [0.29, 0.717) is 5.56 Å². The van der Waals surface area contributed by atoms with Gasteiger partial charge < -0.3 is 10.2 Å². The van der Waals surface area contributed by atoms with Crippen LogP contribution in [0.25, 0.3) is 0 Å². The number of anilines is 1. The molecule has 0 spiro atoms. The zero-order valence-electron chi connectivity index (χ0n) is 21.8. The molecule has 11 heteroatoms. The Morgan fingerprint density at radius 2 is 1.62 bits per heavy atom. The van der Waals surface area contributed by atoms with Crippen LogP contribution in [0.5, 0.6) is 0 Å². The fourth-order valence-electron chi connectivity index (χ4n) is 3.98. The maximum Gasteiger partial charge on any atom is 0.264 e. The van der Waals surface area contributed by atoms with Crippen molar-refractivity contribution in [1.29, 1.82) is 0 Å². The SMILES string of the molecule is CCC(C(=O)NC(C)C)N(Cc1ccc(F)cc1)C(=O)CN(c1ccc(F)c(Cl)c1)S(=O)(=O)c1ccccc1. The number of benzene rings is 3. The van der Waals surface area contributed by atoms with E-state index < -0.39 is 46.1 Å². The van der Waals surface area contributed by atoms with Gasteiger partial charge in [0.1, 0.15) is 24.2 Å². The molecule has 0 aliphatic heterocycles. The van der Waals surface area contributed by atoms with Crippen LogP contribution in [0.4, 0.5) is 14.5 Å². The average molecular weight is 578 g/mol. The average Bonchev–Trinajstić information content (AvgIpc) is 2.90. The zero-order chi connectivity index (χ0) is 28.7. The number of sulfonamides is 1. The topological polar surface area (TPSA) is 86.8 Å². The molecule has 208 valence electrons. The van der Waals surface area contributed by atoms with Crippen LogP contribution in [0, 0.1) is 11.6 Å². The lowest BCUT2D eigenvalue weighted by Gasteiger charge is -2.33. The number of carbonyl (C=O) groups is 2. The molecule has 7 nitrogen and oxygen atoms in total.